The van der Waals surface area contributed by atoms with Crippen molar-refractivity contribution in [1.82, 2.24) is 10.3 Å². The highest BCUT2D eigenvalue weighted by molar-refractivity contribution is 5.84. The number of likely N-dealkylation sites (N-methyl/N-ethyl adjacent to an activating group) is 1. The minimum atomic E-state index is -0.122. The van der Waals surface area contributed by atoms with Crippen LogP contribution >= 0.6 is 0 Å². The van der Waals surface area contributed by atoms with Crippen molar-refractivity contribution in [2.45, 2.75) is 18.9 Å². The van der Waals surface area contributed by atoms with E-state index in [4.69, 9.17) is 0 Å². The van der Waals surface area contributed by atoms with E-state index in [0.717, 1.165) is 12.1 Å². The first-order chi connectivity index (χ1) is 13.0. The number of hydrogen-bond donors (Lipinski definition) is 3. The lowest BCUT2D eigenvalue weighted by Crippen LogP contribution is -2.92. The number of anilines is 1. The number of rotatable bonds is 7. The summed E-state index contributed by atoms with van der Waals surface area (Å²) in [6.07, 6.45) is 2.10. The molecule has 1 amide bonds. The lowest BCUT2D eigenvalue weighted by Gasteiger charge is -2.20. The van der Waals surface area contributed by atoms with Gasteiger partial charge in [0.1, 0.15) is 0 Å². The van der Waals surface area contributed by atoms with E-state index in [1.807, 2.05) is 27.1 Å². The lowest BCUT2D eigenvalue weighted by atomic mass is 9.90. The molecule has 0 spiro atoms. The van der Waals surface area contributed by atoms with Crippen LogP contribution in [0.1, 0.15) is 24.0 Å². The fraction of sp³-hybridized carbons (Fsp3) is 0.318. The second-order valence-corrected chi connectivity index (χ2v) is 7.20. The summed E-state index contributed by atoms with van der Waals surface area (Å²) in [6, 6.07) is 16.9. The second-order valence-electron chi connectivity index (χ2n) is 7.20. The molecular formula is C22H29N4O+. The summed E-state index contributed by atoms with van der Waals surface area (Å²) >= 11 is 0. The van der Waals surface area contributed by atoms with E-state index in [0.29, 0.717) is 0 Å². The molecule has 0 saturated carbocycles. The van der Waals surface area contributed by atoms with Crippen molar-refractivity contribution >= 4 is 22.5 Å². The zero-order valence-electron chi connectivity index (χ0n) is 16.5. The van der Waals surface area contributed by atoms with Crippen molar-refractivity contribution in [2.75, 3.05) is 32.6 Å². The third-order valence-electron chi connectivity index (χ3n) is 5.19. The molecule has 3 aromatic rings. The molecule has 1 aromatic heterocycles. The standard InChI is InChI=1S/C22H28N4O/c1-15(22(27)23-2)24-13-19(16-9-11-17(12-10-16)26(3)4)20-14-25-21-8-6-5-7-18(20)21/h5-12,14-15,19,24-25H,13H2,1-4H3,(H,23,27)/p+1/t15-,19+/m1/s1. The van der Waals surface area contributed by atoms with Crippen LogP contribution in [0.5, 0.6) is 0 Å². The Kier molecular flexibility index (Phi) is 5.81. The number of benzene rings is 2. The Morgan fingerprint density at radius 3 is 2.52 bits per heavy atom. The summed E-state index contributed by atoms with van der Waals surface area (Å²) in [5, 5.41) is 6.08. The minimum Gasteiger partial charge on any atom is -0.378 e. The summed E-state index contributed by atoms with van der Waals surface area (Å²) in [5.41, 5.74) is 4.84. The summed E-state index contributed by atoms with van der Waals surface area (Å²) in [6.45, 7) is 2.75. The Labute approximate surface area is 160 Å². The van der Waals surface area contributed by atoms with Crippen molar-refractivity contribution in [3.8, 4) is 0 Å². The summed E-state index contributed by atoms with van der Waals surface area (Å²) in [5.74, 6) is 0.250. The largest absolute Gasteiger partial charge is 0.378 e. The van der Waals surface area contributed by atoms with Crippen LogP contribution in [-0.4, -0.2) is 44.6 Å². The second kappa shape index (κ2) is 8.27. The third kappa shape index (κ3) is 4.14. The number of H-pyrrole nitrogens is 1. The number of nitrogens with one attached hydrogen (secondary N) is 2. The normalized spacial score (nSPS) is 13.3. The first-order valence-electron chi connectivity index (χ1n) is 9.39. The number of carbonyl (C=O) groups is 1. The van der Waals surface area contributed by atoms with Crippen LogP contribution in [0.25, 0.3) is 10.9 Å². The van der Waals surface area contributed by atoms with Gasteiger partial charge in [0, 0.05) is 43.9 Å². The number of para-hydroxylation sites is 1. The van der Waals surface area contributed by atoms with Gasteiger partial charge in [-0.05, 0) is 36.2 Å². The van der Waals surface area contributed by atoms with Crippen molar-refractivity contribution in [3.05, 3.63) is 65.9 Å². The Balaban J connectivity index is 1.94. The van der Waals surface area contributed by atoms with E-state index in [9.17, 15) is 4.79 Å². The van der Waals surface area contributed by atoms with E-state index in [2.05, 4.69) is 69.2 Å². The summed E-state index contributed by atoms with van der Waals surface area (Å²) < 4.78 is 0. The molecule has 0 radical (unpaired) electrons. The first kappa shape index (κ1) is 19.0. The Hall–Kier alpha value is -2.79. The predicted octanol–water partition coefficient (Wildman–Crippen LogP) is 2.06. The minimum absolute atomic E-state index is 0.0515. The van der Waals surface area contributed by atoms with Gasteiger partial charge in [-0.2, -0.15) is 0 Å². The van der Waals surface area contributed by atoms with Gasteiger partial charge in [-0.3, -0.25) is 4.79 Å². The van der Waals surface area contributed by atoms with Crippen molar-refractivity contribution in [1.29, 1.82) is 0 Å². The molecule has 0 saturated heterocycles. The molecule has 2 aromatic carbocycles. The van der Waals surface area contributed by atoms with Gasteiger partial charge in [-0.25, -0.2) is 0 Å². The topological polar surface area (TPSA) is 64.7 Å². The molecule has 142 valence electrons. The van der Waals surface area contributed by atoms with E-state index in [-0.39, 0.29) is 17.9 Å². The van der Waals surface area contributed by atoms with Crippen LogP contribution in [0.2, 0.25) is 0 Å². The maximum absolute atomic E-state index is 11.9. The monoisotopic (exact) mass is 365 g/mol. The number of aromatic nitrogens is 1. The van der Waals surface area contributed by atoms with Crippen LogP contribution in [0, 0.1) is 0 Å². The quantitative estimate of drug-likeness (QED) is 0.600. The van der Waals surface area contributed by atoms with Crippen LogP contribution in [0.4, 0.5) is 5.69 Å². The molecule has 3 rings (SSSR count). The Morgan fingerprint density at radius 1 is 1.15 bits per heavy atom. The van der Waals surface area contributed by atoms with Gasteiger partial charge in [0.2, 0.25) is 0 Å². The highest BCUT2D eigenvalue weighted by atomic mass is 16.2. The van der Waals surface area contributed by atoms with Gasteiger partial charge in [0.25, 0.3) is 5.91 Å². The molecule has 27 heavy (non-hydrogen) atoms. The Bertz CT molecular complexity index is 898. The van der Waals surface area contributed by atoms with Gasteiger partial charge >= 0.3 is 0 Å². The number of hydrogen-bond acceptors (Lipinski definition) is 2. The third-order valence-corrected chi connectivity index (χ3v) is 5.19. The van der Waals surface area contributed by atoms with Gasteiger partial charge in [0.05, 0.1) is 12.5 Å². The number of aromatic amines is 1. The molecule has 0 aliphatic rings. The molecule has 5 nitrogen and oxygen atoms in total. The summed E-state index contributed by atoms with van der Waals surface area (Å²) in [7, 11) is 5.78. The zero-order chi connectivity index (χ0) is 19.4. The average molecular weight is 366 g/mol. The van der Waals surface area contributed by atoms with Crippen LogP contribution in [0.15, 0.2) is 54.7 Å². The number of nitrogens with zero attached hydrogens (tertiary/aromatic N) is 1. The van der Waals surface area contributed by atoms with E-state index in [1.165, 1.54) is 22.2 Å². The highest BCUT2D eigenvalue weighted by Crippen LogP contribution is 2.30. The molecule has 4 N–H and O–H groups in total. The molecule has 1 heterocycles. The smallest absolute Gasteiger partial charge is 0.277 e. The van der Waals surface area contributed by atoms with Gasteiger partial charge in [-0.1, -0.05) is 30.3 Å². The highest BCUT2D eigenvalue weighted by Gasteiger charge is 2.23. The molecule has 0 aliphatic heterocycles. The van der Waals surface area contributed by atoms with Crippen LogP contribution in [0.3, 0.4) is 0 Å². The molecule has 0 unspecified atom stereocenters. The SMILES string of the molecule is CNC(=O)[C@@H](C)[NH2+]C[C@@H](c1ccc(N(C)C)cc1)c1c[nH]c2ccccc12. The van der Waals surface area contributed by atoms with E-state index in [1.54, 1.807) is 7.05 Å². The first-order valence-corrected chi connectivity index (χ1v) is 9.39. The number of quaternary nitrogens is 1. The van der Waals surface area contributed by atoms with Crippen molar-refractivity contribution in [3.63, 3.8) is 0 Å². The van der Waals surface area contributed by atoms with E-state index >= 15 is 0 Å². The fourth-order valence-electron chi connectivity index (χ4n) is 3.50. The maximum atomic E-state index is 11.9. The predicted molar refractivity (Wildman–Crippen MR) is 111 cm³/mol. The van der Waals surface area contributed by atoms with Gasteiger partial charge in [-0.15, -0.1) is 0 Å². The molecule has 5 heteroatoms. The van der Waals surface area contributed by atoms with Gasteiger partial charge in [0.15, 0.2) is 6.04 Å². The average Bonchev–Trinajstić information content (AvgIpc) is 3.11. The number of fused-ring (bicyclic) bond motifs is 1. The molecule has 0 aliphatic carbocycles. The zero-order valence-corrected chi connectivity index (χ0v) is 16.5. The number of carbonyl (C=O) groups excluding carboxylic acids is 1. The molecular weight excluding hydrogens is 336 g/mol. The molecule has 2 atom stereocenters. The van der Waals surface area contributed by atoms with Crippen LogP contribution < -0.4 is 15.5 Å². The van der Waals surface area contributed by atoms with Crippen LogP contribution in [-0.2, 0) is 4.79 Å². The van der Waals surface area contributed by atoms with Gasteiger partial charge < -0.3 is 20.5 Å². The van der Waals surface area contributed by atoms with E-state index < -0.39 is 0 Å². The number of nitrogens with two attached hydrogens (primary N) is 1. The maximum Gasteiger partial charge on any atom is 0.277 e. The molecule has 0 fully saturated rings. The summed E-state index contributed by atoms with van der Waals surface area (Å²) in [4.78, 5) is 17.4. The number of amides is 1. The fourth-order valence-corrected chi connectivity index (χ4v) is 3.50. The molecule has 0 bridgehead atoms. The van der Waals surface area contributed by atoms with Crippen molar-refractivity contribution < 1.29 is 10.1 Å². The van der Waals surface area contributed by atoms with Crippen molar-refractivity contribution in [2.24, 2.45) is 0 Å². The Morgan fingerprint density at radius 2 is 1.85 bits per heavy atom. The lowest BCUT2D eigenvalue weighted by molar-refractivity contribution is -0.674.